The lowest BCUT2D eigenvalue weighted by Crippen LogP contribution is -2.38. The van der Waals surface area contributed by atoms with Crippen molar-refractivity contribution >= 4 is 44.9 Å². The van der Waals surface area contributed by atoms with Crippen LogP contribution in [0.4, 0.5) is 0 Å². The fraction of sp³-hybridized carbons (Fsp3) is 0.300. The first-order valence-corrected chi connectivity index (χ1v) is 11.1. The summed E-state index contributed by atoms with van der Waals surface area (Å²) in [5.41, 5.74) is 1.88. The smallest absolute Gasteiger partial charge is 0.233 e. The topological polar surface area (TPSA) is 63.4 Å². The molecule has 5 rings (SSSR count). The van der Waals surface area contributed by atoms with Crippen LogP contribution in [0.3, 0.4) is 0 Å². The van der Waals surface area contributed by atoms with Crippen LogP contribution in [0, 0.1) is 0 Å². The summed E-state index contributed by atoms with van der Waals surface area (Å²) in [7, 11) is 0. The standard InChI is InChI=1S/C20H19N5OS2/c26-18(13-27-20-23-22-17-7-3-4-10-25(17)20)24-11-8-14(9-12-24)19-21-15-5-1-2-6-16(15)28-19/h1-7,10,14H,8-9,11-13H2. The number of nitrogens with zero attached hydrogens (tertiary/aromatic N) is 5. The molecule has 0 saturated carbocycles. The van der Waals surface area contributed by atoms with E-state index in [-0.39, 0.29) is 5.91 Å². The number of pyridine rings is 1. The van der Waals surface area contributed by atoms with Crippen molar-refractivity contribution in [3.05, 3.63) is 53.7 Å². The average molecular weight is 410 g/mol. The second-order valence-corrected chi connectivity index (χ2v) is 8.88. The molecule has 0 unspecified atom stereocenters. The number of piperidine rings is 1. The van der Waals surface area contributed by atoms with Crippen LogP contribution in [-0.4, -0.2) is 49.2 Å². The van der Waals surface area contributed by atoms with E-state index in [1.807, 2.05) is 39.8 Å². The Morgan fingerprint density at radius 1 is 1.11 bits per heavy atom. The normalized spacial score (nSPS) is 15.5. The van der Waals surface area contributed by atoms with Gasteiger partial charge in [-0.1, -0.05) is 30.0 Å². The Bertz CT molecular complexity index is 1100. The SMILES string of the molecule is O=C(CSc1nnc2ccccn12)N1CCC(c2nc3ccccc3s2)CC1. The molecule has 1 saturated heterocycles. The number of para-hydroxylation sites is 1. The number of thiazole rings is 1. The number of likely N-dealkylation sites (tertiary alicyclic amines) is 1. The van der Waals surface area contributed by atoms with E-state index in [4.69, 9.17) is 4.98 Å². The molecule has 0 radical (unpaired) electrons. The number of fused-ring (bicyclic) bond motifs is 2. The van der Waals surface area contributed by atoms with E-state index in [1.54, 1.807) is 11.3 Å². The first-order chi connectivity index (χ1) is 13.8. The van der Waals surface area contributed by atoms with Crippen LogP contribution in [0.25, 0.3) is 15.9 Å². The number of aromatic nitrogens is 4. The highest BCUT2D eigenvalue weighted by Crippen LogP contribution is 2.34. The molecule has 4 heterocycles. The zero-order valence-corrected chi connectivity index (χ0v) is 16.8. The van der Waals surface area contributed by atoms with Crippen LogP contribution >= 0.6 is 23.1 Å². The molecular formula is C20H19N5OS2. The quantitative estimate of drug-likeness (QED) is 0.479. The number of hydrogen-bond acceptors (Lipinski definition) is 6. The van der Waals surface area contributed by atoms with Crippen molar-refractivity contribution in [2.45, 2.75) is 23.9 Å². The van der Waals surface area contributed by atoms with Crippen LogP contribution in [0.1, 0.15) is 23.8 Å². The molecule has 6 nitrogen and oxygen atoms in total. The molecule has 0 atom stereocenters. The molecule has 28 heavy (non-hydrogen) atoms. The van der Waals surface area contributed by atoms with E-state index in [9.17, 15) is 4.79 Å². The van der Waals surface area contributed by atoms with Crippen LogP contribution in [0.5, 0.6) is 0 Å². The minimum Gasteiger partial charge on any atom is -0.342 e. The molecule has 1 aliphatic heterocycles. The summed E-state index contributed by atoms with van der Waals surface area (Å²) in [6.45, 7) is 1.58. The maximum Gasteiger partial charge on any atom is 0.233 e. The second-order valence-electron chi connectivity index (χ2n) is 6.87. The Kier molecular flexibility index (Phi) is 4.74. The van der Waals surface area contributed by atoms with Crippen molar-refractivity contribution in [2.24, 2.45) is 0 Å². The molecule has 1 fully saturated rings. The van der Waals surface area contributed by atoms with Gasteiger partial charge in [-0.15, -0.1) is 21.5 Å². The zero-order valence-electron chi connectivity index (χ0n) is 15.2. The maximum atomic E-state index is 12.6. The third-order valence-electron chi connectivity index (χ3n) is 5.11. The number of thioether (sulfide) groups is 1. The summed E-state index contributed by atoms with van der Waals surface area (Å²) >= 11 is 3.23. The number of carbonyl (C=O) groups excluding carboxylic acids is 1. The molecular weight excluding hydrogens is 390 g/mol. The van der Waals surface area contributed by atoms with Crippen LogP contribution in [0.2, 0.25) is 0 Å². The van der Waals surface area contributed by atoms with Gasteiger partial charge in [0.2, 0.25) is 5.91 Å². The first kappa shape index (κ1) is 17.6. The van der Waals surface area contributed by atoms with Gasteiger partial charge in [0.05, 0.1) is 21.0 Å². The molecule has 1 amide bonds. The van der Waals surface area contributed by atoms with Gasteiger partial charge in [-0.05, 0) is 37.1 Å². The zero-order chi connectivity index (χ0) is 18.9. The van der Waals surface area contributed by atoms with Gasteiger partial charge in [-0.3, -0.25) is 9.20 Å². The number of hydrogen-bond donors (Lipinski definition) is 0. The summed E-state index contributed by atoms with van der Waals surface area (Å²) in [6, 6.07) is 14.1. The fourth-order valence-electron chi connectivity index (χ4n) is 3.58. The second kappa shape index (κ2) is 7.52. The molecule has 0 N–H and O–H groups in total. The summed E-state index contributed by atoms with van der Waals surface area (Å²) in [6.07, 6.45) is 3.87. The Balaban J connectivity index is 1.19. The van der Waals surface area contributed by atoms with Crippen molar-refractivity contribution in [1.29, 1.82) is 0 Å². The average Bonchev–Trinajstić information content (AvgIpc) is 3.36. The van der Waals surface area contributed by atoms with E-state index in [2.05, 4.69) is 28.4 Å². The Morgan fingerprint density at radius 3 is 2.79 bits per heavy atom. The predicted octanol–water partition coefficient (Wildman–Crippen LogP) is 3.84. The highest BCUT2D eigenvalue weighted by Gasteiger charge is 2.26. The van der Waals surface area contributed by atoms with Gasteiger partial charge in [-0.25, -0.2) is 4.98 Å². The number of benzene rings is 1. The van der Waals surface area contributed by atoms with E-state index < -0.39 is 0 Å². The summed E-state index contributed by atoms with van der Waals surface area (Å²) in [4.78, 5) is 19.4. The molecule has 1 aromatic carbocycles. The van der Waals surface area contributed by atoms with Crippen molar-refractivity contribution < 1.29 is 4.79 Å². The van der Waals surface area contributed by atoms with E-state index >= 15 is 0 Å². The molecule has 1 aliphatic rings. The summed E-state index contributed by atoms with van der Waals surface area (Å²) in [5, 5.41) is 10.3. The van der Waals surface area contributed by atoms with Gasteiger partial charge < -0.3 is 4.90 Å². The van der Waals surface area contributed by atoms with Gasteiger partial charge in [0, 0.05) is 25.2 Å². The highest BCUT2D eigenvalue weighted by molar-refractivity contribution is 7.99. The number of carbonyl (C=O) groups is 1. The van der Waals surface area contributed by atoms with Gasteiger partial charge in [-0.2, -0.15) is 0 Å². The predicted molar refractivity (Wildman–Crippen MR) is 112 cm³/mol. The molecule has 8 heteroatoms. The third kappa shape index (κ3) is 3.38. The van der Waals surface area contributed by atoms with Crippen molar-refractivity contribution in [2.75, 3.05) is 18.8 Å². The minimum atomic E-state index is 0.167. The molecule has 4 aromatic rings. The largest absolute Gasteiger partial charge is 0.342 e. The Labute approximate surface area is 170 Å². The third-order valence-corrected chi connectivity index (χ3v) is 7.24. The lowest BCUT2D eigenvalue weighted by molar-refractivity contribution is -0.129. The molecule has 142 valence electrons. The van der Waals surface area contributed by atoms with Crippen LogP contribution in [0.15, 0.2) is 53.8 Å². The van der Waals surface area contributed by atoms with Gasteiger partial charge >= 0.3 is 0 Å². The molecule has 0 aliphatic carbocycles. The monoisotopic (exact) mass is 409 g/mol. The minimum absolute atomic E-state index is 0.167. The Hall–Kier alpha value is -2.45. The van der Waals surface area contributed by atoms with Crippen molar-refractivity contribution in [3.63, 3.8) is 0 Å². The lowest BCUT2D eigenvalue weighted by atomic mass is 9.97. The van der Waals surface area contributed by atoms with E-state index in [0.717, 1.165) is 42.3 Å². The summed E-state index contributed by atoms with van der Waals surface area (Å²) in [5.74, 6) is 1.01. The van der Waals surface area contributed by atoms with Gasteiger partial charge in [0.1, 0.15) is 0 Å². The number of amides is 1. The van der Waals surface area contributed by atoms with Crippen LogP contribution < -0.4 is 0 Å². The van der Waals surface area contributed by atoms with Crippen molar-refractivity contribution in [1.82, 2.24) is 24.5 Å². The highest BCUT2D eigenvalue weighted by atomic mass is 32.2. The molecule has 3 aromatic heterocycles. The van der Waals surface area contributed by atoms with E-state index in [1.165, 1.54) is 21.5 Å². The maximum absolute atomic E-state index is 12.6. The van der Waals surface area contributed by atoms with E-state index in [0.29, 0.717) is 11.7 Å². The Morgan fingerprint density at radius 2 is 1.93 bits per heavy atom. The van der Waals surface area contributed by atoms with Crippen molar-refractivity contribution in [3.8, 4) is 0 Å². The molecule has 0 bridgehead atoms. The lowest BCUT2D eigenvalue weighted by Gasteiger charge is -2.31. The fourth-order valence-corrected chi connectivity index (χ4v) is 5.54. The summed E-state index contributed by atoms with van der Waals surface area (Å²) < 4.78 is 3.16. The van der Waals surface area contributed by atoms with Gasteiger partial charge in [0.15, 0.2) is 10.8 Å². The first-order valence-electron chi connectivity index (χ1n) is 9.34. The molecule has 0 spiro atoms. The van der Waals surface area contributed by atoms with Crippen LogP contribution in [-0.2, 0) is 4.79 Å². The number of rotatable bonds is 4. The van der Waals surface area contributed by atoms with Gasteiger partial charge in [0.25, 0.3) is 0 Å².